The van der Waals surface area contributed by atoms with Gasteiger partial charge >= 0.3 is 0 Å². The molecule has 0 unspecified atom stereocenters. The Kier molecular flexibility index (Phi) is 4.23. The number of nitrogens with one attached hydrogen (secondary N) is 1. The van der Waals surface area contributed by atoms with Crippen LogP contribution in [0.4, 0.5) is 5.82 Å². The predicted octanol–water partition coefficient (Wildman–Crippen LogP) is 4.58. The number of fused-ring (bicyclic) bond motifs is 1. The summed E-state index contributed by atoms with van der Waals surface area (Å²) in [7, 11) is 1.85. The Balaban J connectivity index is 1.97. The van der Waals surface area contributed by atoms with Crippen LogP contribution in [0.3, 0.4) is 0 Å². The summed E-state index contributed by atoms with van der Waals surface area (Å²) in [5, 5.41) is 13.5. The maximum atomic E-state index is 9.43. The highest BCUT2D eigenvalue weighted by atomic mass is 15.0. The van der Waals surface area contributed by atoms with E-state index < -0.39 is 0 Å². The van der Waals surface area contributed by atoms with Gasteiger partial charge in [-0.3, -0.25) is 4.98 Å². The summed E-state index contributed by atoms with van der Waals surface area (Å²) in [6.45, 7) is 2.03. The molecule has 0 spiro atoms. The van der Waals surface area contributed by atoms with Gasteiger partial charge < -0.3 is 5.32 Å². The number of hydrogen-bond acceptors (Lipinski definition) is 5. The summed E-state index contributed by atoms with van der Waals surface area (Å²) in [5.41, 5.74) is 5.31. The van der Waals surface area contributed by atoms with Crippen LogP contribution in [0.25, 0.3) is 33.4 Å². The average Bonchev–Trinajstić information content (AvgIpc) is 2.73. The molecule has 0 aliphatic heterocycles. The van der Waals surface area contributed by atoms with Crippen LogP contribution in [-0.4, -0.2) is 22.0 Å². The summed E-state index contributed by atoms with van der Waals surface area (Å²) in [6, 6.07) is 17.8. The highest BCUT2D eigenvalue weighted by molar-refractivity contribution is 5.96. The van der Waals surface area contributed by atoms with E-state index in [0.29, 0.717) is 11.4 Å². The van der Waals surface area contributed by atoms with Gasteiger partial charge in [-0.05, 0) is 53.9 Å². The summed E-state index contributed by atoms with van der Waals surface area (Å²) in [5.74, 6) is 1.38. The van der Waals surface area contributed by atoms with E-state index in [0.717, 1.165) is 39.0 Å². The molecule has 0 radical (unpaired) electrons. The van der Waals surface area contributed by atoms with E-state index >= 15 is 0 Å². The fraction of sp³-hybridized carbons (Fsp3) is 0.0909. The maximum Gasteiger partial charge on any atom is 0.163 e. The second kappa shape index (κ2) is 6.85. The molecular weight excluding hydrogens is 334 g/mol. The fourth-order valence-corrected chi connectivity index (χ4v) is 3.21. The number of benzene rings is 2. The van der Waals surface area contributed by atoms with Crippen molar-refractivity contribution in [1.82, 2.24) is 15.0 Å². The molecule has 27 heavy (non-hydrogen) atoms. The Morgan fingerprint density at radius 3 is 2.59 bits per heavy atom. The second-order valence-corrected chi connectivity index (χ2v) is 6.23. The van der Waals surface area contributed by atoms with E-state index in [4.69, 9.17) is 4.98 Å². The van der Waals surface area contributed by atoms with Crippen molar-refractivity contribution < 1.29 is 0 Å². The standard InChI is InChI=1S/C22H17N5/c1-14-10-17(18-8-4-3-6-15(18)12-23)11-19-20(14)26-21(27-22(19)24-2)16-7-5-9-25-13-16/h3-11,13H,1-2H3,(H,24,26,27). The molecule has 130 valence electrons. The molecule has 4 aromatic rings. The number of nitrogens with zero attached hydrogens (tertiary/aromatic N) is 4. The van der Waals surface area contributed by atoms with Crippen LogP contribution in [0, 0.1) is 18.3 Å². The number of anilines is 1. The van der Waals surface area contributed by atoms with Crippen molar-refractivity contribution in [2.24, 2.45) is 0 Å². The maximum absolute atomic E-state index is 9.43. The Labute approximate surface area is 157 Å². The molecule has 0 fully saturated rings. The van der Waals surface area contributed by atoms with Gasteiger partial charge in [0.2, 0.25) is 0 Å². The van der Waals surface area contributed by atoms with Crippen LogP contribution in [-0.2, 0) is 0 Å². The number of rotatable bonds is 3. The molecule has 0 atom stereocenters. The second-order valence-electron chi connectivity index (χ2n) is 6.23. The molecule has 2 aromatic carbocycles. The van der Waals surface area contributed by atoms with E-state index in [1.165, 1.54) is 0 Å². The topological polar surface area (TPSA) is 74.5 Å². The zero-order valence-corrected chi connectivity index (χ0v) is 15.1. The molecule has 0 aliphatic carbocycles. The fourth-order valence-electron chi connectivity index (χ4n) is 3.21. The first-order valence-corrected chi connectivity index (χ1v) is 8.61. The largest absolute Gasteiger partial charge is 0.373 e. The van der Waals surface area contributed by atoms with Crippen molar-refractivity contribution in [1.29, 1.82) is 5.26 Å². The first kappa shape index (κ1) is 16.7. The number of nitriles is 1. The Bertz CT molecular complexity index is 1180. The monoisotopic (exact) mass is 351 g/mol. The molecule has 2 aromatic heterocycles. The van der Waals surface area contributed by atoms with Crippen LogP contribution in [0.15, 0.2) is 60.9 Å². The zero-order chi connectivity index (χ0) is 18.8. The minimum absolute atomic E-state index is 0.633. The number of aryl methyl sites for hydroxylation is 1. The molecule has 0 bridgehead atoms. The SMILES string of the molecule is CNc1nc(-c2cccnc2)nc2c(C)cc(-c3ccccc3C#N)cc12. The summed E-state index contributed by atoms with van der Waals surface area (Å²) < 4.78 is 0. The molecule has 0 saturated carbocycles. The van der Waals surface area contributed by atoms with Crippen molar-refractivity contribution in [2.75, 3.05) is 12.4 Å². The summed E-state index contributed by atoms with van der Waals surface area (Å²) in [4.78, 5) is 13.6. The molecule has 5 nitrogen and oxygen atoms in total. The van der Waals surface area contributed by atoms with Gasteiger partial charge in [-0.2, -0.15) is 5.26 Å². The Morgan fingerprint density at radius 1 is 1.00 bits per heavy atom. The van der Waals surface area contributed by atoms with Gasteiger partial charge in [0.25, 0.3) is 0 Å². The van der Waals surface area contributed by atoms with Gasteiger partial charge in [-0.15, -0.1) is 0 Å². The lowest BCUT2D eigenvalue weighted by atomic mass is 9.96. The normalized spacial score (nSPS) is 10.6. The van der Waals surface area contributed by atoms with E-state index in [2.05, 4.69) is 27.4 Å². The summed E-state index contributed by atoms with van der Waals surface area (Å²) in [6.07, 6.45) is 3.49. The van der Waals surface area contributed by atoms with E-state index in [9.17, 15) is 5.26 Å². The van der Waals surface area contributed by atoms with Crippen molar-refractivity contribution in [2.45, 2.75) is 6.92 Å². The molecule has 5 heteroatoms. The number of hydrogen-bond donors (Lipinski definition) is 1. The lowest BCUT2D eigenvalue weighted by Crippen LogP contribution is -2.00. The highest BCUT2D eigenvalue weighted by Crippen LogP contribution is 2.32. The van der Waals surface area contributed by atoms with Gasteiger partial charge in [0.15, 0.2) is 5.82 Å². The van der Waals surface area contributed by atoms with Gasteiger partial charge in [-0.1, -0.05) is 18.2 Å². The molecular formula is C22H17N5. The van der Waals surface area contributed by atoms with E-state index in [1.807, 2.05) is 56.4 Å². The molecule has 0 saturated heterocycles. The quantitative estimate of drug-likeness (QED) is 0.585. The number of pyridine rings is 1. The van der Waals surface area contributed by atoms with Crippen molar-refractivity contribution in [3.8, 4) is 28.6 Å². The number of aromatic nitrogens is 3. The van der Waals surface area contributed by atoms with Crippen LogP contribution >= 0.6 is 0 Å². The lowest BCUT2D eigenvalue weighted by molar-refractivity contribution is 1.19. The minimum Gasteiger partial charge on any atom is -0.373 e. The Hall–Kier alpha value is -3.78. The highest BCUT2D eigenvalue weighted by Gasteiger charge is 2.14. The van der Waals surface area contributed by atoms with Crippen molar-refractivity contribution >= 4 is 16.7 Å². The smallest absolute Gasteiger partial charge is 0.163 e. The van der Waals surface area contributed by atoms with Gasteiger partial charge in [-0.25, -0.2) is 9.97 Å². The molecule has 0 aliphatic rings. The molecule has 2 heterocycles. The van der Waals surface area contributed by atoms with Crippen LogP contribution in [0.5, 0.6) is 0 Å². The predicted molar refractivity (Wildman–Crippen MR) is 107 cm³/mol. The van der Waals surface area contributed by atoms with Gasteiger partial charge in [0.1, 0.15) is 5.82 Å². The summed E-state index contributed by atoms with van der Waals surface area (Å²) >= 11 is 0. The average molecular weight is 351 g/mol. The van der Waals surface area contributed by atoms with Gasteiger partial charge in [0.05, 0.1) is 17.1 Å². The van der Waals surface area contributed by atoms with Crippen molar-refractivity contribution in [3.63, 3.8) is 0 Å². The van der Waals surface area contributed by atoms with Crippen molar-refractivity contribution in [3.05, 3.63) is 72.1 Å². The third-order valence-electron chi connectivity index (χ3n) is 4.51. The lowest BCUT2D eigenvalue weighted by Gasteiger charge is -2.13. The first-order chi connectivity index (χ1) is 13.2. The molecule has 1 N–H and O–H groups in total. The van der Waals surface area contributed by atoms with Gasteiger partial charge in [0, 0.05) is 30.4 Å². The molecule has 0 amide bonds. The van der Waals surface area contributed by atoms with E-state index in [-0.39, 0.29) is 0 Å². The molecule has 4 rings (SSSR count). The van der Waals surface area contributed by atoms with E-state index in [1.54, 1.807) is 12.4 Å². The van der Waals surface area contributed by atoms with Crippen LogP contribution in [0.1, 0.15) is 11.1 Å². The van der Waals surface area contributed by atoms with Crippen LogP contribution in [0.2, 0.25) is 0 Å². The first-order valence-electron chi connectivity index (χ1n) is 8.61. The minimum atomic E-state index is 0.633. The third-order valence-corrected chi connectivity index (χ3v) is 4.51. The van der Waals surface area contributed by atoms with Crippen LogP contribution < -0.4 is 5.32 Å². The third kappa shape index (κ3) is 2.98. The zero-order valence-electron chi connectivity index (χ0n) is 15.1. The Morgan fingerprint density at radius 2 is 1.85 bits per heavy atom.